The van der Waals surface area contributed by atoms with Crippen LogP contribution in [0, 0.1) is 12.7 Å². The normalized spacial score (nSPS) is 10.2. The van der Waals surface area contributed by atoms with Gasteiger partial charge in [-0.05, 0) is 18.6 Å². The molecule has 0 heterocycles. The van der Waals surface area contributed by atoms with Crippen LogP contribution in [0.25, 0.3) is 0 Å². The molecule has 0 fully saturated rings. The number of nitrogens with two attached hydrogens (primary N) is 1. The Labute approximate surface area is 84.4 Å². The monoisotopic (exact) mass is 221 g/mol. The van der Waals surface area contributed by atoms with Crippen molar-refractivity contribution in [3.63, 3.8) is 0 Å². The maximum absolute atomic E-state index is 13.1. The maximum Gasteiger partial charge on any atom is 0.250 e. The molecular weight excluding hydrogens is 216 g/mol. The first-order chi connectivity index (χ1) is 5.95. The first-order valence-corrected chi connectivity index (χ1v) is 4.14. The van der Waals surface area contributed by atoms with Gasteiger partial charge in [0.15, 0.2) is 0 Å². The summed E-state index contributed by atoms with van der Waals surface area (Å²) in [6, 6.07) is 1.27. The van der Waals surface area contributed by atoms with Crippen LogP contribution in [-0.2, 0) is 0 Å². The molecule has 13 heavy (non-hydrogen) atoms. The fraction of sp³-hybridized carbons (Fsp3) is 0.125. The minimum Gasteiger partial charge on any atom is -0.366 e. The summed E-state index contributed by atoms with van der Waals surface area (Å²) >= 11 is 11.1. The molecule has 0 bridgehead atoms. The van der Waals surface area contributed by atoms with Gasteiger partial charge in [0.2, 0.25) is 5.91 Å². The van der Waals surface area contributed by atoms with Gasteiger partial charge in [0.25, 0.3) is 0 Å². The minimum atomic E-state index is -0.727. The average Bonchev–Trinajstić information content (AvgIpc) is 2.07. The summed E-state index contributed by atoms with van der Waals surface area (Å²) in [4.78, 5) is 10.8. The van der Waals surface area contributed by atoms with E-state index in [1.54, 1.807) is 0 Å². The molecule has 0 aromatic heterocycles. The van der Waals surface area contributed by atoms with Crippen LogP contribution in [0.2, 0.25) is 10.0 Å². The summed E-state index contributed by atoms with van der Waals surface area (Å²) in [6.45, 7) is 1.48. The van der Waals surface area contributed by atoms with Crippen molar-refractivity contribution in [1.29, 1.82) is 0 Å². The molecule has 0 saturated carbocycles. The summed E-state index contributed by atoms with van der Waals surface area (Å²) < 4.78 is 13.1. The predicted molar refractivity (Wildman–Crippen MR) is 49.7 cm³/mol. The second kappa shape index (κ2) is 3.52. The quantitative estimate of drug-likeness (QED) is 0.729. The smallest absolute Gasteiger partial charge is 0.250 e. The maximum atomic E-state index is 13.1. The van der Waals surface area contributed by atoms with Crippen molar-refractivity contribution in [3.05, 3.63) is 33.1 Å². The largest absolute Gasteiger partial charge is 0.366 e. The highest BCUT2D eigenvalue weighted by Gasteiger charge is 2.15. The molecule has 2 N–H and O–H groups in total. The highest BCUT2D eigenvalue weighted by atomic mass is 35.5. The highest BCUT2D eigenvalue weighted by molar-refractivity contribution is 6.44. The molecular formula is C8H6Cl2FNO. The van der Waals surface area contributed by atoms with Crippen LogP contribution < -0.4 is 5.73 Å². The molecule has 1 aromatic carbocycles. The predicted octanol–water partition coefficient (Wildman–Crippen LogP) is 2.54. The van der Waals surface area contributed by atoms with Crippen LogP contribution in [0.5, 0.6) is 0 Å². The third-order valence-corrected chi connectivity index (χ3v) is 2.44. The lowest BCUT2D eigenvalue weighted by Crippen LogP contribution is -2.12. The summed E-state index contributed by atoms with van der Waals surface area (Å²) in [5.41, 5.74) is 5.27. The second-order valence-corrected chi connectivity index (χ2v) is 3.30. The number of rotatable bonds is 1. The molecule has 2 nitrogen and oxygen atoms in total. The van der Waals surface area contributed by atoms with Crippen molar-refractivity contribution in [3.8, 4) is 0 Å². The molecule has 5 heteroatoms. The van der Waals surface area contributed by atoms with E-state index in [-0.39, 0.29) is 21.2 Å². The Hall–Kier alpha value is -0.800. The van der Waals surface area contributed by atoms with Crippen LogP contribution >= 0.6 is 23.2 Å². The van der Waals surface area contributed by atoms with Gasteiger partial charge in [0.1, 0.15) is 5.82 Å². The summed E-state index contributed by atoms with van der Waals surface area (Å²) in [5, 5.41) is -0.410. The van der Waals surface area contributed by atoms with Gasteiger partial charge >= 0.3 is 0 Å². The van der Waals surface area contributed by atoms with Crippen molar-refractivity contribution in [2.24, 2.45) is 5.73 Å². The Morgan fingerprint density at radius 3 is 2.46 bits per heavy atom. The van der Waals surface area contributed by atoms with Gasteiger partial charge in [-0.3, -0.25) is 4.79 Å². The zero-order chi connectivity index (χ0) is 10.2. The SMILES string of the molecule is Cc1cc(C(N)=O)c(Cl)c(Cl)c1F. The van der Waals surface area contributed by atoms with E-state index in [1.807, 2.05) is 0 Å². The Morgan fingerprint density at radius 2 is 2.00 bits per heavy atom. The standard InChI is InChI=1S/C8H6Cl2FNO/c1-3-2-4(8(12)13)5(9)6(10)7(3)11/h2H,1H3,(H2,12,13). The van der Waals surface area contributed by atoms with E-state index in [0.717, 1.165) is 0 Å². The van der Waals surface area contributed by atoms with Gasteiger partial charge in [-0.25, -0.2) is 4.39 Å². The zero-order valence-corrected chi connectivity index (χ0v) is 8.21. The Kier molecular flexibility index (Phi) is 2.78. The number of benzene rings is 1. The zero-order valence-electron chi connectivity index (χ0n) is 6.70. The number of amides is 1. The number of carbonyl (C=O) groups excluding carboxylic acids is 1. The van der Waals surface area contributed by atoms with Gasteiger partial charge in [-0.1, -0.05) is 23.2 Å². The third kappa shape index (κ3) is 1.76. The first kappa shape index (κ1) is 10.3. The molecule has 1 aromatic rings. The molecule has 1 rings (SSSR count). The summed E-state index contributed by atoms with van der Waals surface area (Å²) in [5.74, 6) is -1.35. The molecule has 1 amide bonds. The lowest BCUT2D eigenvalue weighted by atomic mass is 10.1. The van der Waals surface area contributed by atoms with E-state index in [1.165, 1.54) is 13.0 Å². The molecule has 0 spiro atoms. The molecule has 0 aliphatic rings. The molecule has 0 saturated heterocycles. The fourth-order valence-corrected chi connectivity index (χ4v) is 1.39. The number of carbonyl (C=O) groups is 1. The van der Waals surface area contributed by atoms with Crippen LogP contribution in [-0.4, -0.2) is 5.91 Å². The van der Waals surface area contributed by atoms with E-state index in [4.69, 9.17) is 28.9 Å². The van der Waals surface area contributed by atoms with Crippen molar-refractivity contribution in [2.45, 2.75) is 6.92 Å². The van der Waals surface area contributed by atoms with Gasteiger partial charge < -0.3 is 5.73 Å². The van der Waals surface area contributed by atoms with E-state index in [9.17, 15) is 9.18 Å². The molecule has 70 valence electrons. The highest BCUT2D eigenvalue weighted by Crippen LogP contribution is 2.30. The van der Waals surface area contributed by atoms with Crippen molar-refractivity contribution in [2.75, 3.05) is 0 Å². The minimum absolute atomic E-state index is 0.0329. The molecule has 0 aliphatic carbocycles. The Bertz CT molecular complexity index is 379. The number of halogens is 3. The van der Waals surface area contributed by atoms with Crippen LogP contribution in [0.4, 0.5) is 4.39 Å². The van der Waals surface area contributed by atoms with Crippen molar-refractivity contribution in [1.82, 2.24) is 0 Å². The van der Waals surface area contributed by atoms with Crippen LogP contribution in [0.1, 0.15) is 15.9 Å². The lowest BCUT2D eigenvalue weighted by molar-refractivity contribution is 0.100. The number of aryl methyl sites for hydroxylation is 1. The van der Waals surface area contributed by atoms with E-state index in [0.29, 0.717) is 0 Å². The van der Waals surface area contributed by atoms with Gasteiger partial charge in [-0.15, -0.1) is 0 Å². The molecule has 0 atom stereocenters. The molecule has 0 aliphatic heterocycles. The number of hydrogen-bond donors (Lipinski definition) is 1. The molecule has 0 unspecified atom stereocenters. The van der Waals surface area contributed by atoms with Crippen LogP contribution in [0.15, 0.2) is 6.07 Å². The van der Waals surface area contributed by atoms with E-state index >= 15 is 0 Å². The number of hydrogen-bond acceptors (Lipinski definition) is 1. The average molecular weight is 222 g/mol. The van der Waals surface area contributed by atoms with Crippen LogP contribution in [0.3, 0.4) is 0 Å². The summed E-state index contributed by atoms with van der Waals surface area (Å²) in [6.07, 6.45) is 0. The summed E-state index contributed by atoms with van der Waals surface area (Å²) in [7, 11) is 0. The van der Waals surface area contributed by atoms with Gasteiger partial charge in [-0.2, -0.15) is 0 Å². The van der Waals surface area contributed by atoms with Crippen molar-refractivity contribution < 1.29 is 9.18 Å². The van der Waals surface area contributed by atoms with Crippen molar-refractivity contribution >= 4 is 29.1 Å². The van der Waals surface area contributed by atoms with E-state index < -0.39 is 11.7 Å². The van der Waals surface area contributed by atoms with Gasteiger partial charge in [0, 0.05) is 0 Å². The second-order valence-electron chi connectivity index (χ2n) is 2.55. The van der Waals surface area contributed by atoms with E-state index in [2.05, 4.69) is 0 Å². The Balaban J connectivity index is 3.50. The topological polar surface area (TPSA) is 43.1 Å². The lowest BCUT2D eigenvalue weighted by Gasteiger charge is -2.05. The van der Waals surface area contributed by atoms with Gasteiger partial charge in [0.05, 0.1) is 15.6 Å². The fourth-order valence-electron chi connectivity index (χ4n) is 0.910. The molecule has 0 radical (unpaired) electrons. The Morgan fingerprint density at radius 1 is 1.46 bits per heavy atom. The number of primary amides is 1. The third-order valence-electron chi connectivity index (χ3n) is 1.59. The first-order valence-electron chi connectivity index (χ1n) is 3.39.